The smallest absolute Gasteiger partial charge is 0.119 e. The number of quaternary nitrogens is 2. The van der Waals surface area contributed by atoms with Crippen LogP contribution in [-0.4, -0.2) is 100 Å². The maximum atomic E-state index is 6.16. The van der Waals surface area contributed by atoms with Gasteiger partial charge in [-0.05, 0) is 96.2 Å². The van der Waals surface area contributed by atoms with E-state index in [-0.39, 0.29) is 24.8 Å². The van der Waals surface area contributed by atoms with Crippen LogP contribution in [0.1, 0.15) is 24.0 Å². The molecule has 0 radical (unpaired) electrons. The molecule has 0 unspecified atom stereocenters. The maximum Gasteiger partial charge on any atom is 0.119 e. The molecule has 2 aromatic carbocycles. The molecule has 280 valence electrons. The van der Waals surface area contributed by atoms with E-state index in [0.717, 1.165) is 114 Å². The molecular weight excluding hydrogens is 715 g/mol. The van der Waals surface area contributed by atoms with Crippen molar-refractivity contribution < 1.29 is 43.3 Å². The number of allylic oxidation sites excluding steroid dienone is 12. The van der Waals surface area contributed by atoms with Crippen molar-refractivity contribution in [3.63, 3.8) is 0 Å². The lowest BCUT2D eigenvalue weighted by Gasteiger charge is -2.23. The molecule has 0 aromatic heterocycles. The second-order valence-corrected chi connectivity index (χ2v) is 15.6. The van der Waals surface area contributed by atoms with E-state index in [2.05, 4.69) is 103 Å². The number of halogens is 2. The first kappa shape index (κ1) is 40.3. The summed E-state index contributed by atoms with van der Waals surface area (Å²) in [5.74, 6) is 1.71. The number of ether oxygens (including phenoxy) is 2. The number of hydrogen-bond acceptors (Lipinski definition) is 6. The summed E-state index contributed by atoms with van der Waals surface area (Å²) in [5.41, 5.74) is 10.9. The zero-order valence-corrected chi connectivity index (χ0v) is 33.4. The fraction of sp³-hybridized carbons (Fsp3) is 0.273. The van der Waals surface area contributed by atoms with Gasteiger partial charge in [-0.1, -0.05) is 24.3 Å². The van der Waals surface area contributed by atoms with Gasteiger partial charge in [-0.2, -0.15) is 0 Å². The molecule has 5 aliphatic rings. The molecule has 54 heavy (non-hydrogen) atoms. The third kappa shape index (κ3) is 10.4. The van der Waals surface area contributed by atoms with Crippen LogP contribution in [0.2, 0.25) is 0 Å². The first-order valence-electron chi connectivity index (χ1n) is 18.0. The normalized spacial score (nSPS) is 17.1. The lowest BCUT2D eigenvalue weighted by molar-refractivity contribution is -0.870. The van der Waals surface area contributed by atoms with Crippen LogP contribution >= 0.6 is 0 Å². The summed E-state index contributed by atoms with van der Waals surface area (Å²) in [5, 5.41) is 0. The molecule has 8 bridgehead atoms. The number of nitrogens with zero attached hydrogens (tertiary/aromatic N) is 6. The lowest BCUT2D eigenvalue weighted by atomic mass is 9.91. The molecule has 0 N–H and O–H groups in total. The molecule has 8 nitrogen and oxygen atoms in total. The highest BCUT2D eigenvalue weighted by Crippen LogP contribution is 2.41. The van der Waals surface area contributed by atoms with Crippen LogP contribution in [0.25, 0.3) is 11.1 Å². The summed E-state index contributed by atoms with van der Waals surface area (Å²) in [6, 6.07) is 16.8. The SMILES string of the molecule is C[N+](C)(C)CCCOc1ccc(C2=C(c3ccc(OCCC[N+](C)(C)C)cc3)C3=NC2=CC2=NC(=CC4=NC(=CC5=NC(=C3)C=C5)C=C4)C=C2)cc1.[Cl-].[Cl-]. The molecule has 0 saturated heterocycles. The number of aliphatic imine (C=N–C) groups is 4. The highest BCUT2D eigenvalue weighted by molar-refractivity contribution is 6.40. The molecule has 10 heteroatoms. The van der Waals surface area contributed by atoms with Crippen molar-refractivity contribution >= 4 is 34.0 Å². The second kappa shape index (κ2) is 17.1. The van der Waals surface area contributed by atoms with Crippen molar-refractivity contribution in [2.24, 2.45) is 20.0 Å². The third-order valence-electron chi connectivity index (χ3n) is 8.98. The Morgan fingerprint density at radius 2 is 0.870 bits per heavy atom. The van der Waals surface area contributed by atoms with Crippen LogP contribution < -0.4 is 34.3 Å². The minimum absolute atomic E-state index is 0. The van der Waals surface area contributed by atoms with Crippen LogP contribution in [0.15, 0.2) is 152 Å². The van der Waals surface area contributed by atoms with Crippen molar-refractivity contribution in [3.8, 4) is 11.5 Å². The van der Waals surface area contributed by atoms with Crippen LogP contribution in [0.4, 0.5) is 0 Å². The molecular formula is C44H48Cl2N6O2. The first-order chi connectivity index (χ1) is 24.9. The highest BCUT2D eigenvalue weighted by Gasteiger charge is 2.27. The Morgan fingerprint density at radius 1 is 0.463 bits per heavy atom. The third-order valence-corrected chi connectivity index (χ3v) is 8.98. The number of rotatable bonds is 12. The summed E-state index contributed by atoms with van der Waals surface area (Å²) in [4.78, 5) is 19.9. The molecule has 2 aromatic rings. The minimum Gasteiger partial charge on any atom is -1.00 e. The predicted molar refractivity (Wildman–Crippen MR) is 215 cm³/mol. The molecule has 5 aliphatic heterocycles. The van der Waals surface area contributed by atoms with Gasteiger partial charge < -0.3 is 43.3 Å². The van der Waals surface area contributed by atoms with E-state index in [9.17, 15) is 0 Å². The molecule has 0 aliphatic carbocycles. The van der Waals surface area contributed by atoms with Gasteiger partial charge in [0.2, 0.25) is 0 Å². The average molecular weight is 764 g/mol. The first-order valence-corrected chi connectivity index (χ1v) is 18.0. The Kier molecular flexibility index (Phi) is 12.8. The second-order valence-electron chi connectivity index (χ2n) is 15.6. The number of benzene rings is 2. The summed E-state index contributed by atoms with van der Waals surface area (Å²) in [7, 11) is 13.2. The van der Waals surface area contributed by atoms with Crippen molar-refractivity contribution in [2.75, 3.05) is 68.6 Å². The maximum absolute atomic E-state index is 6.16. The lowest BCUT2D eigenvalue weighted by Crippen LogP contribution is -3.00. The summed E-state index contributed by atoms with van der Waals surface area (Å²) in [6.07, 6.45) is 22.2. The van der Waals surface area contributed by atoms with Gasteiger partial charge in [0.15, 0.2) is 0 Å². The number of fused-ring (bicyclic) bond motifs is 4. The molecule has 0 fully saturated rings. The largest absolute Gasteiger partial charge is 1.00 e. The standard InChI is InChI=1S/C44H48N6O2.2ClH/c1-49(2,3)23-7-25-51-39-19-9-31(10-20-39)43-41-29-37-17-15-35(46-37)27-33-13-14-34(45-33)28-36-16-18-38(47-36)30-42(48-41)44(43)32-11-21-40(22-12-32)52-26-8-24-50(4,5)6;;/h9-22,27-30H,7-8,23-26H2,1-6H3;2*1H/q+2;;/p-2. The molecule has 0 saturated carbocycles. The van der Waals surface area contributed by atoms with Gasteiger partial charge in [0, 0.05) is 24.0 Å². The van der Waals surface area contributed by atoms with E-state index in [1.54, 1.807) is 0 Å². The van der Waals surface area contributed by atoms with Crippen molar-refractivity contribution in [1.29, 1.82) is 0 Å². The van der Waals surface area contributed by atoms with E-state index >= 15 is 0 Å². The van der Waals surface area contributed by atoms with Gasteiger partial charge in [0.05, 0.1) is 114 Å². The van der Waals surface area contributed by atoms with Gasteiger partial charge in [0.25, 0.3) is 0 Å². The summed E-state index contributed by atoms with van der Waals surface area (Å²) < 4.78 is 14.2. The van der Waals surface area contributed by atoms with E-state index in [0.29, 0.717) is 13.2 Å². The van der Waals surface area contributed by atoms with Crippen LogP contribution in [-0.2, 0) is 0 Å². The average Bonchev–Trinajstić information content (AvgIpc) is 3.90. The van der Waals surface area contributed by atoms with Gasteiger partial charge in [-0.15, -0.1) is 0 Å². The molecule has 0 amide bonds. The Bertz CT molecular complexity index is 2130. The predicted octanol–water partition coefficient (Wildman–Crippen LogP) is 1.59. The van der Waals surface area contributed by atoms with Gasteiger partial charge in [0.1, 0.15) is 11.5 Å². The Labute approximate surface area is 332 Å². The minimum atomic E-state index is 0. The fourth-order valence-electron chi connectivity index (χ4n) is 6.43. The van der Waals surface area contributed by atoms with E-state index in [1.807, 2.05) is 48.6 Å². The molecule has 7 rings (SSSR count). The van der Waals surface area contributed by atoms with Crippen molar-refractivity contribution in [1.82, 2.24) is 0 Å². The van der Waals surface area contributed by atoms with E-state index < -0.39 is 0 Å². The van der Waals surface area contributed by atoms with Crippen molar-refractivity contribution in [3.05, 3.63) is 143 Å². The molecule has 0 atom stereocenters. The van der Waals surface area contributed by atoms with Gasteiger partial charge in [-0.3, -0.25) is 0 Å². The Balaban J connectivity index is 0.00000280. The van der Waals surface area contributed by atoms with E-state index in [4.69, 9.17) is 29.4 Å². The molecule has 0 spiro atoms. The van der Waals surface area contributed by atoms with Gasteiger partial charge >= 0.3 is 0 Å². The van der Waals surface area contributed by atoms with Crippen LogP contribution in [0.5, 0.6) is 11.5 Å². The van der Waals surface area contributed by atoms with Crippen molar-refractivity contribution in [2.45, 2.75) is 12.8 Å². The van der Waals surface area contributed by atoms with E-state index in [1.165, 1.54) is 0 Å². The topological polar surface area (TPSA) is 67.9 Å². The zero-order valence-electron chi connectivity index (χ0n) is 31.9. The molecule has 5 heterocycles. The Morgan fingerprint density at radius 3 is 1.31 bits per heavy atom. The Hall–Kier alpha value is -4.86. The summed E-state index contributed by atoms with van der Waals surface area (Å²) >= 11 is 0. The monoisotopic (exact) mass is 762 g/mol. The highest BCUT2D eigenvalue weighted by atomic mass is 35.5. The summed E-state index contributed by atoms with van der Waals surface area (Å²) in [6.45, 7) is 3.46. The fourth-order valence-corrected chi connectivity index (χ4v) is 6.43. The van der Waals surface area contributed by atoms with Gasteiger partial charge in [-0.25, -0.2) is 20.0 Å². The number of hydrogen-bond donors (Lipinski definition) is 0. The van der Waals surface area contributed by atoms with Crippen LogP contribution in [0.3, 0.4) is 0 Å². The quantitative estimate of drug-likeness (QED) is 0.244. The zero-order chi connectivity index (χ0) is 36.3. The van der Waals surface area contributed by atoms with Crippen LogP contribution in [0, 0.1) is 0 Å².